The van der Waals surface area contributed by atoms with Gasteiger partial charge in [0.25, 0.3) is 0 Å². The van der Waals surface area contributed by atoms with Crippen molar-refractivity contribution in [2.45, 2.75) is 57.7 Å². The molecule has 0 atom stereocenters. The minimum absolute atomic E-state index is 0.184. The Labute approximate surface area is 113 Å². The highest BCUT2D eigenvalue weighted by molar-refractivity contribution is 5.64. The molecular formula is C13H21N5O. The molecule has 0 amide bonds. The van der Waals surface area contributed by atoms with Crippen LogP contribution in [0.4, 0.5) is 11.6 Å². The van der Waals surface area contributed by atoms with Gasteiger partial charge in [0.05, 0.1) is 6.10 Å². The first-order valence-corrected chi connectivity index (χ1v) is 6.86. The molecule has 0 spiro atoms. The summed E-state index contributed by atoms with van der Waals surface area (Å²) in [7, 11) is 0. The molecule has 19 heavy (non-hydrogen) atoms. The normalized spacial score (nSPS) is 23.0. The number of nitrogens with two attached hydrogens (primary N) is 1. The van der Waals surface area contributed by atoms with E-state index >= 15 is 0 Å². The van der Waals surface area contributed by atoms with E-state index in [0.29, 0.717) is 23.7 Å². The molecule has 0 aliphatic heterocycles. The largest absolute Gasteiger partial charge is 0.393 e. The summed E-state index contributed by atoms with van der Waals surface area (Å²) >= 11 is 0. The predicted octanol–water partition coefficient (Wildman–Crippen LogP) is 1.46. The average Bonchev–Trinajstić information content (AvgIpc) is 2.69. The molecule has 0 radical (unpaired) electrons. The number of aliphatic hydroxyl groups is 1. The number of aryl methyl sites for hydroxylation is 1. The standard InChI is InChI=1S/C13H21N5O/c1-2-7-18-12(15)11(8-14)13(17-18)16-9-3-5-10(19)6-4-9/h9-10,19H,2-7,15H2,1H3,(H,16,17). The summed E-state index contributed by atoms with van der Waals surface area (Å²) in [6.07, 6.45) is 4.12. The van der Waals surface area contributed by atoms with E-state index in [1.807, 2.05) is 6.92 Å². The number of hydrogen-bond donors (Lipinski definition) is 3. The first kappa shape index (κ1) is 13.7. The van der Waals surface area contributed by atoms with Crippen molar-refractivity contribution < 1.29 is 5.11 Å². The van der Waals surface area contributed by atoms with E-state index in [-0.39, 0.29) is 12.1 Å². The van der Waals surface area contributed by atoms with Gasteiger partial charge in [0, 0.05) is 12.6 Å². The van der Waals surface area contributed by atoms with E-state index in [2.05, 4.69) is 16.5 Å². The maximum absolute atomic E-state index is 9.49. The number of aliphatic hydroxyl groups excluding tert-OH is 1. The maximum atomic E-state index is 9.49. The Balaban J connectivity index is 2.11. The summed E-state index contributed by atoms with van der Waals surface area (Å²) in [5, 5.41) is 26.4. The molecular weight excluding hydrogens is 242 g/mol. The second-order valence-corrected chi connectivity index (χ2v) is 5.09. The van der Waals surface area contributed by atoms with Crippen LogP contribution in [0, 0.1) is 11.3 Å². The van der Waals surface area contributed by atoms with Gasteiger partial charge in [-0.3, -0.25) is 0 Å². The number of nitrogens with zero attached hydrogens (tertiary/aromatic N) is 3. The second kappa shape index (κ2) is 5.93. The van der Waals surface area contributed by atoms with Crippen molar-refractivity contribution in [2.24, 2.45) is 0 Å². The fraction of sp³-hybridized carbons (Fsp3) is 0.692. The average molecular weight is 263 g/mol. The van der Waals surface area contributed by atoms with Crippen molar-refractivity contribution in [3.63, 3.8) is 0 Å². The molecule has 6 nitrogen and oxygen atoms in total. The third-order valence-electron chi connectivity index (χ3n) is 3.58. The molecule has 0 bridgehead atoms. The Morgan fingerprint density at radius 2 is 2.16 bits per heavy atom. The number of anilines is 2. The van der Waals surface area contributed by atoms with E-state index in [1.165, 1.54) is 0 Å². The van der Waals surface area contributed by atoms with E-state index < -0.39 is 0 Å². The molecule has 1 aromatic heterocycles. The number of rotatable bonds is 4. The zero-order valence-electron chi connectivity index (χ0n) is 11.3. The molecule has 1 aliphatic carbocycles. The van der Waals surface area contributed by atoms with Gasteiger partial charge in [0.15, 0.2) is 5.82 Å². The molecule has 6 heteroatoms. The van der Waals surface area contributed by atoms with E-state index in [9.17, 15) is 10.4 Å². The van der Waals surface area contributed by atoms with Crippen molar-refractivity contribution in [1.82, 2.24) is 9.78 Å². The van der Waals surface area contributed by atoms with Crippen LogP contribution in [0.2, 0.25) is 0 Å². The molecule has 0 aromatic carbocycles. The van der Waals surface area contributed by atoms with Gasteiger partial charge in [-0.1, -0.05) is 6.92 Å². The Morgan fingerprint density at radius 1 is 1.47 bits per heavy atom. The number of nitriles is 1. The van der Waals surface area contributed by atoms with Crippen molar-refractivity contribution in [3.8, 4) is 6.07 Å². The molecule has 4 N–H and O–H groups in total. The lowest BCUT2D eigenvalue weighted by Crippen LogP contribution is -2.28. The second-order valence-electron chi connectivity index (χ2n) is 5.09. The lowest BCUT2D eigenvalue weighted by atomic mass is 9.93. The third kappa shape index (κ3) is 2.99. The van der Waals surface area contributed by atoms with Gasteiger partial charge >= 0.3 is 0 Å². The van der Waals surface area contributed by atoms with Gasteiger partial charge in [0.1, 0.15) is 17.5 Å². The maximum Gasteiger partial charge on any atom is 0.168 e. The predicted molar refractivity (Wildman–Crippen MR) is 73.5 cm³/mol. The van der Waals surface area contributed by atoms with Crippen LogP contribution in [0.5, 0.6) is 0 Å². The Bertz CT molecular complexity index is 468. The Morgan fingerprint density at radius 3 is 2.74 bits per heavy atom. The van der Waals surface area contributed by atoms with Crippen LogP contribution in [0.1, 0.15) is 44.6 Å². The van der Waals surface area contributed by atoms with E-state index in [0.717, 1.165) is 32.1 Å². The lowest BCUT2D eigenvalue weighted by molar-refractivity contribution is 0.126. The summed E-state index contributed by atoms with van der Waals surface area (Å²) in [6, 6.07) is 2.38. The third-order valence-corrected chi connectivity index (χ3v) is 3.58. The topological polar surface area (TPSA) is 99.9 Å². The molecule has 1 aliphatic rings. The van der Waals surface area contributed by atoms with Gasteiger partial charge < -0.3 is 16.2 Å². The molecule has 104 valence electrons. The monoisotopic (exact) mass is 263 g/mol. The van der Waals surface area contributed by atoms with Gasteiger partial charge in [0.2, 0.25) is 0 Å². The summed E-state index contributed by atoms with van der Waals surface area (Å²) in [6.45, 7) is 2.76. The zero-order chi connectivity index (χ0) is 13.8. The van der Waals surface area contributed by atoms with Crippen molar-refractivity contribution >= 4 is 11.6 Å². The van der Waals surface area contributed by atoms with Crippen LogP contribution in [0.25, 0.3) is 0 Å². The zero-order valence-corrected chi connectivity index (χ0v) is 11.3. The Kier molecular flexibility index (Phi) is 4.27. The molecule has 1 saturated carbocycles. The number of nitrogens with one attached hydrogen (secondary N) is 1. The highest BCUT2D eigenvalue weighted by atomic mass is 16.3. The van der Waals surface area contributed by atoms with Gasteiger partial charge in [-0.2, -0.15) is 10.4 Å². The SMILES string of the molecule is CCCn1nc(NC2CCC(O)CC2)c(C#N)c1N. The van der Waals surface area contributed by atoms with Crippen LogP contribution in [0.3, 0.4) is 0 Å². The number of nitrogen functional groups attached to an aromatic ring is 1. The van der Waals surface area contributed by atoms with E-state index in [4.69, 9.17) is 5.73 Å². The van der Waals surface area contributed by atoms with Crippen LogP contribution >= 0.6 is 0 Å². The molecule has 0 unspecified atom stereocenters. The minimum atomic E-state index is -0.184. The van der Waals surface area contributed by atoms with Gasteiger partial charge in [-0.25, -0.2) is 4.68 Å². The fourth-order valence-corrected chi connectivity index (χ4v) is 2.48. The van der Waals surface area contributed by atoms with Crippen molar-refractivity contribution in [1.29, 1.82) is 5.26 Å². The van der Waals surface area contributed by atoms with E-state index in [1.54, 1.807) is 4.68 Å². The van der Waals surface area contributed by atoms with Crippen LogP contribution < -0.4 is 11.1 Å². The van der Waals surface area contributed by atoms with Gasteiger partial charge in [-0.15, -0.1) is 0 Å². The first-order valence-electron chi connectivity index (χ1n) is 6.86. The molecule has 1 heterocycles. The smallest absolute Gasteiger partial charge is 0.168 e. The summed E-state index contributed by atoms with van der Waals surface area (Å²) in [5.74, 6) is 1.01. The quantitative estimate of drug-likeness (QED) is 0.763. The number of aromatic nitrogens is 2. The van der Waals surface area contributed by atoms with Crippen LogP contribution in [0.15, 0.2) is 0 Å². The molecule has 1 fully saturated rings. The summed E-state index contributed by atoms with van der Waals surface area (Å²) in [4.78, 5) is 0. The van der Waals surface area contributed by atoms with Crippen LogP contribution in [-0.4, -0.2) is 27.0 Å². The molecule has 1 aromatic rings. The highest BCUT2D eigenvalue weighted by Crippen LogP contribution is 2.26. The van der Waals surface area contributed by atoms with Crippen molar-refractivity contribution in [3.05, 3.63) is 5.56 Å². The van der Waals surface area contributed by atoms with Crippen molar-refractivity contribution in [2.75, 3.05) is 11.1 Å². The minimum Gasteiger partial charge on any atom is -0.393 e. The van der Waals surface area contributed by atoms with Crippen LogP contribution in [-0.2, 0) is 6.54 Å². The highest BCUT2D eigenvalue weighted by Gasteiger charge is 2.22. The van der Waals surface area contributed by atoms with Gasteiger partial charge in [-0.05, 0) is 32.1 Å². The fourth-order valence-electron chi connectivity index (χ4n) is 2.48. The number of hydrogen-bond acceptors (Lipinski definition) is 5. The first-order chi connectivity index (χ1) is 9.15. The lowest BCUT2D eigenvalue weighted by Gasteiger charge is -2.26. The molecule has 0 saturated heterocycles. The molecule has 2 rings (SSSR count). The Hall–Kier alpha value is -1.74. The summed E-state index contributed by atoms with van der Waals surface area (Å²) in [5.41, 5.74) is 6.36. The summed E-state index contributed by atoms with van der Waals surface area (Å²) < 4.78 is 1.68.